The molecule has 2 aliphatic heterocycles. The maximum Gasteiger partial charge on any atom is 0.310 e. The molecular formula is C30H36ClF2N7O3. The van der Waals surface area contributed by atoms with Crippen molar-refractivity contribution in [3.05, 3.63) is 69.5 Å². The lowest BCUT2D eigenvalue weighted by molar-refractivity contribution is -0.153. The lowest BCUT2D eigenvalue weighted by atomic mass is 9.72. The molecule has 2 fully saturated rings. The number of H-pyrrole nitrogens is 1. The first-order valence-electron chi connectivity index (χ1n) is 14.3. The highest BCUT2D eigenvalue weighted by Gasteiger charge is 2.45. The molecule has 2 atom stereocenters. The number of nitrogens with zero attached hydrogens (tertiary/aromatic N) is 5. The molecule has 3 N–H and O–H groups in total. The lowest BCUT2D eigenvalue weighted by Crippen LogP contribution is -2.50. The molecular weight excluding hydrogens is 580 g/mol. The van der Waals surface area contributed by atoms with Gasteiger partial charge in [-0.2, -0.15) is 5.10 Å². The van der Waals surface area contributed by atoms with Gasteiger partial charge in [-0.15, -0.1) is 0 Å². The summed E-state index contributed by atoms with van der Waals surface area (Å²) in [4.78, 5) is 36.6. The van der Waals surface area contributed by atoms with E-state index in [2.05, 4.69) is 25.4 Å². The average Bonchev–Trinajstić information content (AvgIpc) is 3.38. The second-order valence-electron chi connectivity index (χ2n) is 11.7. The molecule has 10 nitrogen and oxygen atoms in total. The van der Waals surface area contributed by atoms with Gasteiger partial charge >= 0.3 is 5.97 Å². The van der Waals surface area contributed by atoms with Crippen molar-refractivity contribution in [3.63, 3.8) is 0 Å². The number of hydrogen-bond donors (Lipinski definition) is 3. The van der Waals surface area contributed by atoms with Crippen molar-refractivity contribution in [3.8, 4) is 0 Å². The fraction of sp³-hybridized carbons (Fsp3) is 0.467. The zero-order chi connectivity index (χ0) is 30.9. The number of benzene rings is 1. The van der Waals surface area contributed by atoms with Crippen molar-refractivity contribution < 1.29 is 23.5 Å². The van der Waals surface area contributed by atoms with Gasteiger partial charge in [-0.05, 0) is 52.4 Å². The van der Waals surface area contributed by atoms with E-state index in [1.807, 2.05) is 18.9 Å². The van der Waals surface area contributed by atoms with E-state index >= 15 is 4.39 Å². The molecule has 1 aromatic carbocycles. The Kier molecular flexibility index (Phi) is 9.00. The summed E-state index contributed by atoms with van der Waals surface area (Å²) in [5.41, 5.74) is 0.0984. The topological polar surface area (TPSA) is 118 Å². The Morgan fingerprint density at radius 3 is 2.56 bits per heavy atom. The molecule has 2 saturated heterocycles. The Hall–Kier alpha value is -3.61. The summed E-state index contributed by atoms with van der Waals surface area (Å²) >= 11 is 5.97. The number of aryl methyl sites for hydroxylation is 1. The van der Waals surface area contributed by atoms with Gasteiger partial charge in [0.2, 0.25) is 0 Å². The van der Waals surface area contributed by atoms with E-state index in [9.17, 15) is 19.1 Å². The number of aliphatic carboxylic acids is 1. The Morgan fingerprint density at radius 1 is 1.16 bits per heavy atom. The van der Waals surface area contributed by atoms with Gasteiger partial charge in [-0.3, -0.25) is 19.6 Å². The van der Waals surface area contributed by atoms with Crippen molar-refractivity contribution >= 4 is 35.1 Å². The van der Waals surface area contributed by atoms with Crippen LogP contribution in [-0.4, -0.2) is 92.7 Å². The van der Waals surface area contributed by atoms with Crippen molar-refractivity contribution in [1.82, 2.24) is 29.9 Å². The molecule has 13 heteroatoms. The number of carboxylic acid groups (broad SMARTS) is 1. The average molecular weight is 616 g/mol. The SMILES string of the molecule is Cc1cc(Nc2nc(C[C@@]3(C(=O)O)CCN(Cc4cccc(Cl)c4F)[C@H](C)C3)cc(C(=O)N3CCN(C)CC3)c2F)n[nH]1. The van der Waals surface area contributed by atoms with Crippen LogP contribution >= 0.6 is 11.6 Å². The van der Waals surface area contributed by atoms with Gasteiger partial charge in [0, 0.05) is 68.2 Å². The summed E-state index contributed by atoms with van der Waals surface area (Å²) in [7, 11) is 1.96. The molecule has 2 aliphatic rings. The lowest BCUT2D eigenvalue weighted by Gasteiger charge is -2.43. The van der Waals surface area contributed by atoms with Crippen molar-refractivity contribution in [2.45, 2.75) is 45.7 Å². The number of likely N-dealkylation sites (N-methyl/N-ethyl adjacent to an activating group) is 1. The number of piperidine rings is 1. The maximum atomic E-state index is 15.9. The minimum absolute atomic E-state index is 0.0103. The highest BCUT2D eigenvalue weighted by Crippen LogP contribution is 2.40. The van der Waals surface area contributed by atoms with Crippen LogP contribution in [0.1, 0.15) is 47.1 Å². The number of carbonyl (C=O) groups is 2. The maximum absolute atomic E-state index is 15.9. The van der Waals surface area contributed by atoms with E-state index in [-0.39, 0.29) is 47.4 Å². The Morgan fingerprint density at radius 2 is 1.91 bits per heavy atom. The Balaban J connectivity index is 1.43. The van der Waals surface area contributed by atoms with Crippen molar-refractivity contribution in [2.24, 2.45) is 5.41 Å². The van der Waals surface area contributed by atoms with Gasteiger partial charge in [0.1, 0.15) is 5.82 Å². The number of carbonyl (C=O) groups excluding carboxylic acids is 1. The van der Waals surface area contributed by atoms with E-state index in [1.165, 1.54) is 12.1 Å². The number of pyridine rings is 1. The first kappa shape index (κ1) is 30.8. The molecule has 0 aliphatic carbocycles. The summed E-state index contributed by atoms with van der Waals surface area (Å²) in [6.07, 6.45) is 0.507. The number of halogens is 3. The summed E-state index contributed by atoms with van der Waals surface area (Å²) < 4.78 is 30.5. The van der Waals surface area contributed by atoms with Crippen LogP contribution in [0.25, 0.3) is 0 Å². The number of likely N-dealkylation sites (tertiary alicyclic amines) is 1. The van der Waals surface area contributed by atoms with Crippen molar-refractivity contribution in [1.29, 1.82) is 0 Å². The summed E-state index contributed by atoms with van der Waals surface area (Å²) in [6.45, 7) is 6.63. The molecule has 5 rings (SSSR count). The Bertz CT molecular complexity index is 1510. The standard InChI is InChI=1S/C30H36ClF2N7O3/c1-18-13-24(37-36-18)35-27-26(33)22(28(41)39-11-9-38(3)10-12-39)14-21(34-27)16-30(29(42)43)7-8-40(19(2)15-30)17-20-5-4-6-23(31)25(20)32/h4-6,13-14,19H,7-12,15-17H2,1-3H3,(H,42,43)(H2,34,35,36,37)/t19-,30-/m1/s1. The van der Waals surface area contributed by atoms with Crippen LogP contribution in [0.2, 0.25) is 5.02 Å². The summed E-state index contributed by atoms with van der Waals surface area (Å²) in [5, 5.41) is 20.3. The number of anilines is 2. The second kappa shape index (κ2) is 12.6. The number of aromatic nitrogens is 3. The molecule has 0 bridgehead atoms. The minimum Gasteiger partial charge on any atom is -0.481 e. The Labute approximate surface area is 254 Å². The van der Waals surface area contributed by atoms with Gasteiger partial charge in [0.25, 0.3) is 5.91 Å². The third-order valence-corrected chi connectivity index (χ3v) is 8.84. The molecule has 230 valence electrons. The normalized spacial score (nSPS) is 21.6. The second-order valence-corrected chi connectivity index (χ2v) is 12.1. The highest BCUT2D eigenvalue weighted by molar-refractivity contribution is 6.30. The molecule has 0 spiro atoms. The molecule has 2 aromatic heterocycles. The zero-order valence-corrected chi connectivity index (χ0v) is 25.2. The minimum atomic E-state index is -1.22. The smallest absolute Gasteiger partial charge is 0.310 e. The van der Waals surface area contributed by atoms with Crippen LogP contribution in [0.3, 0.4) is 0 Å². The molecule has 0 unspecified atom stereocenters. The van der Waals surface area contributed by atoms with Gasteiger partial charge in [0.15, 0.2) is 17.5 Å². The van der Waals surface area contributed by atoms with Crippen LogP contribution in [0.15, 0.2) is 30.3 Å². The third kappa shape index (κ3) is 6.66. The van der Waals surface area contributed by atoms with Crippen LogP contribution in [0.5, 0.6) is 0 Å². The first-order valence-corrected chi connectivity index (χ1v) is 14.7. The molecule has 0 saturated carbocycles. The van der Waals surface area contributed by atoms with Crippen LogP contribution in [-0.2, 0) is 17.8 Å². The predicted octanol–water partition coefficient (Wildman–Crippen LogP) is 4.47. The van der Waals surface area contributed by atoms with E-state index < -0.39 is 28.9 Å². The van der Waals surface area contributed by atoms with Crippen LogP contribution < -0.4 is 5.32 Å². The fourth-order valence-corrected chi connectivity index (χ4v) is 6.16. The van der Waals surface area contributed by atoms with Gasteiger partial charge < -0.3 is 20.2 Å². The number of rotatable bonds is 8. The number of piperazine rings is 1. The van der Waals surface area contributed by atoms with Crippen molar-refractivity contribution in [2.75, 3.05) is 45.1 Å². The molecule has 43 heavy (non-hydrogen) atoms. The summed E-state index contributed by atoms with van der Waals surface area (Å²) in [5.74, 6) is -2.63. The summed E-state index contributed by atoms with van der Waals surface area (Å²) in [6, 6.07) is 7.70. The molecule has 0 radical (unpaired) electrons. The first-order chi connectivity index (χ1) is 20.5. The van der Waals surface area contributed by atoms with Gasteiger partial charge in [-0.1, -0.05) is 23.7 Å². The predicted molar refractivity (Wildman–Crippen MR) is 158 cm³/mol. The number of aromatic amines is 1. The number of hydrogen-bond acceptors (Lipinski definition) is 7. The van der Waals surface area contributed by atoms with E-state index in [4.69, 9.17) is 11.6 Å². The zero-order valence-electron chi connectivity index (χ0n) is 24.5. The van der Waals surface area contributed by atoms with E-state index in [0.29, 0.717) is 50.6 Å². The number of amides is 1. The molecule has 3 aromatic rings. The van der Waals surface area contributed by atoms with E-state index in [1.54, 1.807) is 30.0 Å². The highest BCUT2D eigenvalue weighted by atomic mass is 35.5. The number of nitrogens with one attached hydrogen (secondary N) is 2. The van der Waals surface area contributed by atoms with Crippen LogP contribution in [0.4, 0.5) is 20.4 Å². The number of carboxylic acids is 1. The van der Waals surface area contributed by atoms with Crippen LogP contribution in [0, 0.1) is 24.0 Å². The molecule has 4 heterocycles. The third-order valence-electron chi connectivity index (χ3n) is 8.55. The quantitative estimate of drug-likeness (QED) is 0.340. The van der Waals surface area contributed by atoms with Gasteiger partial charge in [-0.25, -0.2) is 13.8 Å². The van der Waals surface area contributed by atoms with Gasteiger partial charge in [0.05, 0.1) is 16.0 Å². The largest absolute Gasteiger partial charge is 0.481 e. The fourth-order valence-electron chi connectivity index (χ4n) is 5.97. The van der Waals surface area contributed by atoms with E-state index in [0.717, 1.165) is 5.69 Å². The monoisotopic (exact) mass is 615 g/mol. The molecule has 1 amide bonds.